The Morgan fingerprint density at radius 2 is 1.46 bits per heavy atom. The highest BCUT2D eigenvalue weighted by molar-refractivity contribution is 5.98. The Bertz CT molecular complexity index is 2620. The molecule has 2 aromatic carbocycles. The Morgan fingerprint density at radius 3 is 2.12 bits per heavy atom. The maximum atomic E-state index is 14.6. The van der Waals surface area contributed by atoms with Gasteiger partial charge in [0, 0.05) is 44.8 Å². The number of aliphatic hydroxyl groups is 6. The summed E-state index contributed by atoms with van der Waals surface area (Å²) >= 11 is 0. The zero-order chi connectivity index (χ0) is 59.9. The largest absolute Gasteiger partial charge is 0.504 e. The number of nitrogens with zero attached hydrogens (tertiary/aromatic N) is 3. The van der Waals surface area contributed by atoms with Crippen LogP contribution in [0.2, 0.25) is 0 Å². The third-order valence-corrected chi connectivity index (χ3v) is 13.2. The lowest BCUT2D eigenvalue weighted by molar-refractivity contribution is -0.147. The van der Waals surface area contributed by atoms with Crippen LogP contribution in [0.5, 0.6) is 11.5 Å². The van der Waals surface area contributed by atoms with Crippen molar-refractivity contribution in [2.45, 2.75) is 139 Å². The van der Waals surface area contributed by atoms with Crippen LogP contribution in [0.15, 0.2) is 48.5 Å². The first-order valence-corrected chi connectivity index (χ1v) is 26.0. The molecule has 14 N–H and O–H groups in total. The number of phenolic OH excluding ortho intramolecular Hbond substituents is 1. The molecule has 3 aliphatic heterocycles. The number of phenols is 1. The van der Waals surface area contributed by atoms with Crippen molar-refractivity contribution in [3.05, 3.63) is 71.1 Å². The number of benzene rings is 2. The second-order valence-electron chi connectivity index (χ2n) is 20.9. The van der Waals surface area contributed by atoms with Gasteiger partial charge in [-0.2, -0.15) is 0 Å². The molecule has 29 heteroatoms. The van der Waals surface area contributed by atoms with Crippen molar-refractivity contribution in [3.8, 4) is 11.5 Å². The normalized spacial score (nSPS) is 26.3. The van der Waals surface area contributed by atoms with Crippen molar-refractivity contribution in [2.75, 3.05) is 45.9 Å². The van der Waals surface area contributed by atoms with E-state index in [-0.39, 0.29) is 37.6 Å². The second-order valence-corrected chi connectivity index (χ2v) is 20.9. The van der Waals surface area contributed by atoms with Gasteiger partial charge in [-0.15, -0.1) is 0 Å². The number of β-amino-alcohol motifs (C(OH)–C–C–N with tert-alkyl or cyclic N) is 1. The van der Waals surface area contributed by atoms with Gasteiger partial charge in [-0.1, -0.05) is 43.3 Å². The summed E-state index contributed by atoms with van der Waals surface area (Å²) in [5.74, 6) is -9.20. The van der Waals surface area contributed by atoms with Crippen molar-refractivity contribution in [1.29, 1.82) is 0 Å². The molecule has 29 nitrogen and oxygen atoms in total. The molecule has 3 aliphatic rings. The lowest BCUT2D eigenvalue weighted by Crippen LogP contribution is -2.64. The van der Waals surface area contributed by atoms with Crippen LogP contribution in [0.4, 0.5) is 9.59 Å². The Labute approximate surface area is 465 Å². The number of aliphatic hydroxyl groups excluding tert-OH is 6. The highest BCUT2D eigenvalue weighted by Crippen LogP contribution is 2.29. The number of carbonyl (C=O) groups is 9. The van der Waals surface area contributed by atoms with Crippen LogP contribution in [0.1, 0.15) is 58.6 Å². The molecule has 0 spiro atoms. The Kier molecular flexibility index (Phi) is 22.9. The average molecular weight is 1140 g/mol. The molecule has 0 bridgehead atoms. The van der Waals surface area contributed by atoms with Crippen LogP contribution >= 0.6 is 0 Å². The smallest absolute Gasteiger partial charge is 0.408 e. The summed E-state index contributed by atoms with van der Waals surface area (Å²) in [6, 6.07) is 1.18. The minimum Gasteiger partial charge on any atom is -0.504 e. The van der Waals surface area contributed by atoms with Crippen LogP contribution < -0.4 is 42.0 Å². The summed E-state index contributed by atoms with van der Waals surface area (Å²) in [5.41, 5.74) is -0.218. The Hall–Kier alpha value is -7.88. The predicted molar refractivity (Wildman–Crippen MR) is 279 cm³/mol. The lowest BCUT2D eigenvalue weighted by Gasteiger charge is -2.33. The number of ether oxygens (including phenoxy) is 3. The maximum absolute atomic E-state index is 14.6. The van der Waals surface area contributed by atoms with E-state index in [1.807, 2.05) is 0 Å². The van der Waals surface area contributed by atoms with Crippen molar-refractivity contribution in [2.24, 2.45) is 5.92 Å². The van der Waals surface area contributed by atoms with E-state index in [1.165, 1.54) is 45.9 Å². The molecule has 0 aromatic heterocycles. The zero-order valence-electron chi connectivity index (χ0n) is 45.3. The van der Waals surface area contributed by atoms with Gasteiger partial charge in [-0.05, 0) is 51.0 Å². The topological polar surface area (TPSA) is 418 Å². The molecular formula is C52H72N10O19. The standard InChI is InChI=1S/C52H72N10O19/c1-26-23-62-42(43(26)70)47(74)55-20-30(64)18-32(57-51(78)81-52(3,4)5)44(71)58-39(27(2)63)48(75)61-24-31(65)19-33(61)45(72)59-40(46(73)60-41(49(62)76)36(68)21-53-6)35(67)16-29-12-13-34(66)37(17-29)79-15-14-54-38(69)22-56-50(77)80-25-28-10-8-7-9-11-28/h7-13,17,26-27,30-33,35-36,39-43,63-68,70H,14-16,18-25H2,1-5H3,(H,54,69)(H,55,74)(H,56,77)(H,57,78)(H,58,71)(H,59,72)(H,60,73)/t26-,27+,30+,31+,32?,33-,35+,36+,39-,40-,41-,42-,43-/m0/s1. The molecule has 2 aromatic rings. The third-order valence-electron chi connectivity index (χ3n) is 13.2. The number of amides is 9. The number of alkyl carbamates (subject to hydrolysis) is 2. The number of aromatic hydroxyl groups is 1. The molecule has 81 heavy (non-hydrogen) atoms. The number of hydrogen-bond donors (Lipinski definition) is 14. The van der Waals surface area contributed by atoms with Crippen LogP contribution in [0.25, 0.3) is 4.85 Å². The summed E-state index contributed by atoms with van der Waals surface area (Å²) in [5, 5.41) is 94.6. The van der Waals surface area contributed by atoms with E-state index in [0.717, 1.165) is 22.3 Å². The molecule has 3 fully saturated rings. The summed E-state index contributed by atoms with van der Waals surface area (Å²) < 4.78 is 16.0. The third kappa shape index (κ3) is 18.3. The number of carbonyl (C=O) groups excluding carboxylic acids is 9. The van der Waals surface area contributed by atoms with E-state index in [4.69, 9.17) is 20.8 Å². The number of rotatable bonds is 15. The fourth-order valence-electron chi connectivity index (χ4n) is 9.07. The van der Waals surface area contributed by atoms with Crippen molar-refractivity contribution >= 4 is 53.5 Å². The minimum absolute atomic E-state index is 0.0236. The second kappa shape index (κ2) is 29.0. The van der Waals surface area contributed by atoms with Crippen molar-refractivity contribution in [3.63, 3.8) is 0 Å². The van der Waals surface area contributed by atoms with Gasteiger partial charge in [0.2, 0.25) is 47.9 Å². The monoisotopic (exact) mass is 1140 g/mol. The van der Waals surface area contributed by atoms with E-state index in [1.54, 1.807) is 30.3 Å². The number of hydrogen-bond acceptors (Lipinski definition) is 19. The van der Waals surface area contributed by atoms with Gasteiger partial charge >= 0.3 is 12.2 Å². The molecular weight excluding hydrogens is 1070 g/mol. The van der Waals surface area contributed by atoms with Gasteiger partial charge in [0.05, 0.1) is 43.6 Å². The van der Waals surface area contributed by atoms with Gasteiger partial charge in [0.1, 0.15) is 55.1 Å². The van der Waals surface area contributed by atoms with Crippen molar-refractivity contribution in [1.82, 2.24) is 47.0 Å². The average Bonchev–Trinajstić information content (AvgIpc) is 4.02. The highest BCUT2D eigenvalue weighted by Gasteiger charge is 2.50. The van der Waals surface area contributed by atoms with Gasteiger partial charge < -0.3 is 102 Å². The van der Waals surface area contributed by atoms with E-state index in [9.17, 15) is 78.9 Å². The molecule has 3 saturated heterocycles. The molecule has 3 heterocycles. The summed E-state index contributed by atoms with van der Waals surface area (Å²) in [7, 11) is 0. The van der Waals surface area contributed by atoms with Gasteiger partial charge in [-0.25, -0.2) is 16.2 Å². The molecule has 5 rings (SSSR count). The van der Waals surface area contributed by atoms with E-state index in [0.29, 0.717) is 0 Å². The van der Waals surface area contributed by atoms with Crippen LogP contribution in [0, 0.1) is 12.5 Å². The predicted octanol–water partition coefficient (Wildman–Crippen LogP) is -4.22. The van der Waals surface area contributed by atoms with Crippen LogP contribution in [-0.4, -0.2) is 223 Å². The number of nitrogens with one attached hydrogen (secondary N) is 7. The SMILES string of the molecule is [C-]#[N+]C[C@@H](O)[C@@H]1NC(=O)[C@H]([C@H](O)Cc2ccc(O)c(OCCNC(=O)CNC(=O)OCc3ccccc3)c2)NC(=O)[C@@H]2C[C@@H](O)CN2C(=O)[C@H]([C@@H](C)O)NC(=O)C(NC(=O)OC(C)(C)C)C[C@@H](O)CNC(=O)[C@@H]2[C@@H](O)[C@@H](C)CN2C1=O. The lowest BCUT2D eigenvalue weighted by atomic mass is 9.99. The van der Waals surface area contributed by atoms with Crippen LogP contribution in [-0.2, 0) is 56.1 Å². The molecule has 0 aliphatic carbocycles. The molecule has 444 valence electrons. The summed E-state index contributed by atoms with van der Waals surface area (Å²) in [6.07, 6.45) is -14.2. The molecule has 1 unspecified atom stereocenters. The van der Waals surface area contributed by atoms with Gasteiger partial charge in [0.15, 0.2) is 17.6 Å². The summed E-state index contributed by atoms with van der Waals surface area (Å²) in [4.78, 5) is 128. The number of fused-ring (bicyclic) bond motifs is 2. The van der Waals surface area contributed by atoms with Gasteiger partial charge in [-0.3, -0.25) is 33.6 Å². The minimum atomic E-state index is -2.15. The zero-order valence-corrected chi connectivity index (χ0v) is 45.3. The molecule has 0 radical (unpaired) electrons. The first kappa shape index (κ1) is 63.9. The van der Waals surface area contributed by atoms with E-state index in [2.05, 4.69) is 42.1 Å². The molecule has 13 atom stereocenters. The first-order valence-electron chi connectivity index (χ1n) is 26.0. The van der Waals surface area contributed by atoms with Crippen molar-refractivity contribution < 1.29 is 93.1 Å². The van der Waals surface area contributed by atoms with E-state index >= 15 is 0 Å². The van der Waals surface area contributed by atoms with E-state index < -0.39 is 189 Å². The van der Waals surface area contributed by atoms with Crippen LogP contribution in [0.3, 0.4) is 0 Å². The van der Waals surface area contributed by atoms with Gasteiger partial charge in [0.25, 0.3) is 0 Å². The fourth-order valence-corrected chi connectivity index (χ4v) is 9.07. The maximum Gasteiger partial charge on any atom is 0.408 e. The fraction of sp³-hybridized carbons (Fsp3) is 0.577. The molecule has 0 saturated carbocycles. The quantitative estimate of drug-likeness (QED) is 0.0594. The Morgan fingerprint density at radius 1 is 0.790 bits per heavy atom. The molecule has 9 amide bonds. The first-order chi connectivity index (χ1) is 38.2. The highest BCUT2D eigenvalue weighted by atomic mass is 16.6. The Balaban J connectivity index is 1.44. The summed E-state index contributed by atoms with van der Waals surface area (Å²) in [6.45, 7) is 11.3.